The predicted octanol–water partition coefficient (Wildman–Crippen LogP) is 6.33. The van der Waals surface area contributed by atoms with Gasteiger partial charge in [-0.2, -0.15) is 26.3 Å². The number of benzene rings is 2. The van der Waals surface area contributed by atoms with Crippen molar-refractivity contribution < 1.29 is 45.8 Å². The first-order chi connectivity index (χ1) is 16.3. The number of aryl methyl sites for hydroxylation is 2. The van der Waals surface area contributed by atoms with Crippen LogP contribution in [0.4, 0.5) is 31.1 Å². The molecule has 35 heavy (non-hydrogen) atoms. The largest absolute Gasteiger partial charge is 0.511 e. The molecule has 1 aromatic heterocycles. The summed E-state index contributed by atoms with van der Waals surface area (Å²) in [5.41, 5.74) is -1.28. The molecule has 3 aromatic rings. The highest BCUT2D eigenvalue weighted by Gasteiger charge is 2.43. The molecule has 0 aliphatic carbocycles. The van der Waals surface area contributed by atoms with E-state index >= 15 is 0 Å². The van der Waals surface area contributed by atoms with E-state index in [1.165, 1.54) is 16.7 Å². The number of nitrogens with zero attached hydrogens (tertiary/aromatic N) is 1. The fourth-order valence-electron chi connectivity index (χ4n) is 3.78. The van der Waals surface area contributed by atoms with Gasteiger partial charge in [-0.3, -0.25) is 4.79 Å². The van der Waals surface area contributed by atoms with Gasteiger partial charge in [-0.1, -0.05) is 19.1 Å². The van der Waals surface area contributed by atoms with Gasteiger partial charge < -0.3 is 19.7 Å². The first-order valence-corrected chi connectivity index (χ1v) is 10.4. The molecule has 12 heteroatoms. The molecule has 0 saturated heterocycles. The van der Waals surface area contributed by atoms with Crippen LogP contribution in [0.1, 0.15) is 47.1 Å². The standard InChI is InChI=1S/C23H20F6N2O4/c1-3-12-9-16-14(11-18(12)35-21(33)34)10-17(31(16)4-2)20(32)30-19(23(27,28)29)13-6-5-7-15(8-13)22(24,25)26/h5-11,19H,3-4H2,1-2H3,(H,30,32)(H,33,34). The van der Waals surface area contributed by atoms with Crippen LogP contribution >= 0.6 is 0 Å². The normalized spacial score (nSPS) is 13.0. The van der Waals surface area contributed by atoms with Crippen LogP contribution in [0.5, 0.6) is 5.75 Å². The zero-order valence-electron chi connectivity index (χ0n) is 18.4. The van der Waals surface area contributed by atoms with E-state index < -0.39 is 41.6 Å². The van der Waals surface area contributed by atoms with E-state index in [9.17, 15) is 35.9 Å². The van der Waals surface area contributed by atoms with Crippen molar-refractivity contribution in [3.63, 3.8) is 0 Å². The van der Waals surface area contributed by atoms with Gasteiger partial charge in [0.1, 0.15) is 11.4 Å². The highest BCUT2D eigenvalue weighted by molar-refractivity contribution is 5.99. The van der Waals surface area contributed by atoms with Gasteiger partial charge in [-0.05, 0) is 54.8 Å². The maximum atomic E-state index is 13.8. The summed E-state index contributed by atoms with van der Waals surface area (Å²) >= 11 is 0. The van der Waals surface area contributed by atoms with Gasteiger partial charge in [0, 0.05) is 17.4 Å². The van der Waals surface area contributed by atoms with Crippen molar-refractivity contribution in [2.45, 2.75) is 45.2 Å². The van der Waals surface area contributed by atoms with Crippen LogP contribution in [0.15, 0.2) is 42.5 Å². The maximum absolute atomic E-state index is 13.8. The molecule has 0 fully saturated rings. The average molecular weight is 502 g/mol. The lowest BCUT2D eigenvalue weighted by Gasteiger charge is -2.23. The van der Waals surface area contributed by atoms with Gasteiger partial charge in [0.2, 0.25) is 0 Å². The molecule has 0 radical (unpaired) electrons. The molecule has 0 aliphatic heterocycles. The Morgan fingerprint density at radius 2 is 1.74 bits per heavy atom. The Morgan fingerprint density at radius 3 is 2.29 bits per heavy atom. The third-order valence-corrected chi connectivity index (χ3v) is 5.36. The molecule has 2 aromatic carbocycles. The zero-order valence-corrected chi connectivity index (χ0v) is 18.4. The van der Waals surface area contributed by atoms with Gasteiger partial charge in [-0.25, -0.2) is 4.79 Å². The summed E-state index contributed by atoms with van der Waals surface area (Å²) in [7, 11) is 0. The van der Waals surface area contributed by atoms with E-state index in [2.05, 4.69) is 0 Å². The van der Waals surface area contributed by atoms with Gasteiger partial charge in [0.25, 0.3) is 5.91 Å². The lowest BCUT2D eigenvalue weighted by Crippen LogP contribution is -2.39. The molecule has 2 N–H and O–H groups in total. The van der Waals surface area contributed by atoms with Crippen molar-refractivity contribution in [1.82, 2.24) is 9.88 Å². The van der Waals surface area contributed by atoms with Crippen molar-refractivity contribution >= 4 is 23.0 Å². The fraction of sp³-hybridized carbons (Fsp3) is 0.304. The Labute approximate surface area is 195 Å². The lowest BCUT2D eigenvalue weighted by molar-refractivity contribution is -0.156. The second kappa shape index (κ2) is 9.51. The Bertz CT molecular complexity index is 1260. The van der Waals surface area contributed by atoms with Crippen LogP contribution in [-0.2, 0) is 19.1 Å². The number of carbonyl (C=O) groups is 2. The summed E-state index contributed by atoms with van der Waals surface area (Å²) < 4.78 is 86.7. The van der Waals surface area contributed by atoms with Gasteiger partial charge in [0.05, 0.1) is 5.56 Å². The number of halogens is 6. The minimum Gasteiger partial charge on any atom is -0.449 e. The third kappa shape index (κ3) is 5.52. The topological polar surface area (TPSA) is 80.6 Å². The summed E-state index contributed by atoms with van der Waals surface area (Å²) in [6, 6.07) is 4.17. The minimum absolute atomic E-state index is 0.0184. The summed E-state index contributed by atoms with van der Waals surface area (Å²) in [5.74, 6) is -1.15. The van der Waals surface area contributed by atoms with Gasteiger partial charge in [0.15, 0.2) is 6.04 Å². The zero-order chi connectivity index (χ0) is 26.1. The Hall–Kier alpha value is -3.70. The summed E-state index contributed by atoms with van der Waals surface area (Å²) in [4.78, 5) is 23.9. The average Bonchev–Trinajstić information content (AvgIpc) is 3.12. The quantitative estimate of drug-likeness (QED) is 0.234. The number of hydrogen-bond acceptors (Lipinski definition) is 3. The van der Waals surface area contributed by atoms with Gasteiger partial charge >= 0.3 is 18.5 Å². The van der Waals surface area contributed by atoms with E-state index in [1.807, 2.05) is 0 Å². The molecular weight excluding hydrogens is 482 g/mol. The Kier molecular flexibility index (Phi) is 7.04. The Morgan fingerprint density at radius 1 is 1.06 bits per heavy atom. The molecule has 0 spiro atoms. The number of carbonyl (C=O) groups excluding carboxylic acids is 1. The molecule has 1 unspecified atom stereocenters. The smallest absolute Gasteiger partial charge is 0.449 e. The number of alkyl halides is 6. The number of ether oxygens (including phenoxy) is 1. The van der Waals surface area contributed by atoms with Crippen LogP contribution in [-0.4, -0.2) is 27.9 Å². The molecule has 1 atom stereocenters. The SMILES string of the molecule is CCc1cc2c(cc1OC(=O)O)cc(C(=O)NC(c1cccc(C(F)(F)F)c1)C(F)(F)F)n2CC. The second-order valence-corrected chi connectivity index (χ2v) is 7.59. The summed E-state index contributed by atoms with van der Waals surface area (Å²) in [6.45, 7) is 3.57. The number of nitrogens with one attached hydrogen (secondary N) is 1. The van der Waals surface area contributed by atoms with Crippen LogP contribution in [0, 0.1) is 0 Å². The van der Waals surface area contributed by atoms with Gasteiger partial charge in [-0.15, -0.1) is 0 Å². The molecular formula is C23H20F6N2O4. The van der Waals surface area contributed by atoms with Crippen molar-refractivity contribution in [2.75, 3.05) is 0 Å². The molecule has 0 aliphatic rings. The number of rotatable bonds is 6. The number of hydrogen-bond donors (Lipinski definition) is 2. The third-order valence-electron chi connectivity index (χ3n) is 5.36. The summed E-state index contributed by atoms with van der Waals surface area (Å²) in [6.07, 6.45) is -11.1. The van der Waals surface area contributed by atoms with E-state index in [0.29, 0.717) is 35.0 Å². The number of aromatic nitrogens is 1. The highest BCUT2D eigenvalue weighted by atomic mass is 19.4. The van der Waals surface area contributed by atoms with Crippen molar-refractivity contribution in [3.8, 4) is 5.75 Å². The second-order valence-electron chi connectivity index (χ2n) is 7.59. The monoisotopic (exact) mass is 502 g/mol. The van der Waals surface area contributed by atoms with Crippen molar-refractivity contribution in [2.24, 2.45) is 0 Å². The first-order valence-electron chi connectivity index (χ1n) is 10.4. The minimum atomic E-state index is -5.08. The van der Waals surface area contributed by atoms with E-state index in [0.717, 1.165) is 12.1 Å². The molecule has 0 saturated carbocycles. The summed E-state index contributed by atoms with van der Waals surface area (Å²) in [5, 5.41) is 11.1. The molecule has 3 rings (SSSR count). The Balaban J connectivity index is 2.05. The molecule has 1 heterocycles. The van der Waals surface area contributed by atoms with Crippen LogP contribution in [0.2, 0.25) is 0 Å². The number of carboxylic acid groups (broad SMARTS) is 1. The first kappa shape index (κ1) is 25.9. The highest BCUT2D eigenvalue weighted by Crippen LogP contribution is 2.37. The van der Waals surface area contributed by atoms with Crippen LogP contribution in [0.3, 0.4) is 0 Å². The lowest BCUT2D eigenvalue weighted by atomic mass is 10.0. The van der Waals surface area contributed by atoms with E-state index in [1.54, 1.807) is 25.2 Å². The fourth-order valence-corrected chi connectivity index (χ4v) is 3.78. The van der Waals surface area contributed by atoms with E-state index in [4.69, 9.17) is 9.84 Å². The maximum Gasteiger partial charge on any atom is 0.511 e. The number of fused-ring (bicyclic) bond motifs is 1. The molecule has 188 valence electrons. The molecule has 1 amide bonds. The van der Waals surface area contributed by atoms with E-state index in [-0.39, 0.29) is 18.0 Å². The van der Waals surface area contributed by atoms with Crippen LogP contribution < -0.4 is 10.1 Å². The predicted molar refractivity (Wildman–Crippen MR) is 113 cm³/mol. The van der Waals surface area contributed by atoms with Crippen molar-refractivity contribution in [1.29, 1.82) is 0 Å². The van der Waals surface area contributed by atoms with Crippen LogP contribution in [0.25, 0.3) is 10.9 Å². The number of amides is 1. The van der Waals surface area contributed by atoms with Crippen molar-refractivity contribution in [3.05, 3.63) is 64.8 Å². The molecule has 6 nitrogen and oxygen atoms in total. The molecule has 0 bridgehead atoms.